The number of fused-ring (bicyclic) bond motifs is 4. The molecule has 13 nitrogen and oxygen atoms in total. The highest BCUT2D eigenvalue weighted by Gasteiger charge is 2.45. The largest absolute Gasteiger partial charge is 0.494 e. The van der Waals surface area contributed by atoms with Gasteiger partial charge in [-0.3, -0.25) is 39.3 Å². The minimum absolute atomic E-state index is 0.00169. The first-order chi connectivity index (χ1) is 28.5. The predicted octanol–water partition coefficient (Wildman–Crippen LogP) is 6.08. The van der Waals surface area contributed by atoms with Crippen LogP contribution in [-0.4, -0.2) is 104 Å². The van der Waals surface area contributed by atoms with Crippen LogP contribution in [0.2, 0.25) is 0 Å². The number of hydrogen-bond donors (Lipinski definition) is 1. The molecule has 1 N–H and O–H groups in total. The van der Waals surface area contributed by atoms with Crippen molar-refractivity contribution in [1.82, 2.24) is 29.7 Å². The number of aryl methyl sites for hydroxylation is 1. The second-order valence-electron chi connectivity index (χ2n) is 16.0. The average Bonchev–Trinajstić information content (AvgIpc) is 3.64. The topological polar surface area (TPSA) is 145 Å². The molecule has 3 aliphatic heterocycles. The Morgan fingerprint density at radius 1 is 0.831 bits per heavy atom. The van der Waals surface area contributed by atoms with Crippen molar-refractivity contribution in [2.45, 2.75) is 81.6 Å². The van der Waals surface area contributed by atoms with Gasteiger partial charge in [-0.1, -0.05) is 12.1 Å². The van der Waals surface area contributed by atoms with Gasteiger partial charge in [-0.2, -0.15) is 0 Å². The molecule has 1 unspecified atom stereocenters. The van der Waals surface area contributed by atoms with Crippen LogP contribution in [-0.2, 0) is 21.4 Å². The molecule has 15 heteroatoms. The number of halogens is 2. The van der Waals surface area contributed by atoms with E-state index in [1.807, 2.05) is 36.8 Å². The number of amides is 4. The van der Waals surface area contributed by atoms with Gasteiger partial charge < -0.3 is 18.8 Å². The van der Waals surface area contributed by atoms with Crippen molar-refractivity contribution >= 4 is 45.4 Å². The predicted molar refractivity (Wildman–Crippen MR) is 212 cm³/mol. The van der Waals surface area contributed by atoms with Crippen molar-refractivity contribution in [1.29, 1.82) is 0 Å². The number of pyridine rings is 2. The molecular weight excluding hydrogens is 763 g/mol. The summed E-state index contributed by atoms with van der Waals surface area (Å²) >= 11 is 0. The summed E-state index contributed by atoms with van der Waals surface area (Å²) in [5.74, 6) is -4.49. The number of imide groups is 2. The van der Waals surface area contributed by atoms with Crippen molar-refractivity contribution in [3.63, 3.8) is 0 Å². The summed E-state index contributed by atoms with van der Waals surface area (Å²) in [5, 5.41) is 4.46. The maximum Gasteiger partial charge on any atom is 0.262 e. The molecule has 3 aromatic heterocycles. The van der Waals surface area contributed by atoms with Crippen LogP contribution in [0.25, 0.3) is 32.9 Å². The van der Waals surface area contributed by atoms with Crippen LogP contribution in [0.5, 0.6) is 11.6 Å². The fourth-order valence-electron chi connectivity index (χ4n) is 8.69. The number of alkyl halides is 2. The van der Waals surface area contributed by atoms with Gasteiger partial charge in [0.05, 0.1) is 42.0 Å². The average molecular weight is 807 g/mol. The zero-order chi connectivity index (χ0) is 40.8. The molecule has 0 radical (unpaired) electrons. The highest BCUT2D eigenvalue weighted by molar-refractivity contribution is 6.23. The second kappa shape index (κ2) is 15.8. The van der Waals surface area contributed by atoms with E-state index in [1.54, 1.807) is 4.90 Å². The summed E-state index contributed by atoms with van der Waals surface area (Å²) < 4.78 is 50.3. The number of likely N-dealkylation sites (tertiary alicyclic amines) is 1. The number of carbonyl (C=O) groups excluding carboxylic acids is 4. The summed E-state index contributed by atoms with van der Waals surface area (Å²) in [6, 6.07) is 15.6. The van der Waals surface area contributed by atoms with Crippen LogP contribution in [0.1, 0.15) is 72.1 Å². The number of rotatable bonds is 13. The number of carbonyl (C=O) groups is 4. The molecule has 9 rings (SSSR count). The van der Waals surface area contributed by atoms with Gasteiger partial charge in [0.1, 0.15) is 17.9 Å². The van der Waals surface area contributed by atoms with Gasteiger partial charge in [0.2, 0.25) is 17.7 Å². The van der Waals surface area contributed by atoms with Crippen LogP contribution in [0.4, 0.5) is 8.78 Å². The lowest BCUT2D eigenvalue weighted by Crippen LogP contribution is -2.54. The minimum Gasteiger partial charge on any atom is -0.494 e. The Morgan fingerprint density at radius 3 is 2.41 bits per heavy atom. The normalized spacial score (nSPS) is 21.5. The summed E-state index contributed by atoms with van der Waals surface area (Å²) in [6.45, 7) is 0.717. The quantitative estimate of drug-likeness (QED) is 0.110. The molecule has 5 aromatic rings. The second-order valence-corrected chi connectivity index (χ2v) is 16.0. The standard InChI is InChI=1S/C44H44F2N6O7/c1-50-36-11-15-47-24-35(36)32-6-3-26(19-38(32)50)27-4-10-40(48-23-27)59-31-20-30(21-31)58-28-12-16-51(17-13-28)25-44(45,46)14-2-18-57-29-5-7-33-34(22-29)43(56)52(42(33)55)37-8-9-39(53)49-41(37)54/h3-7,10-11,15,19,22-24,28,30-31,37H,2,8-9,12-14,16-18,20-21,25H2,1H3,(H,49,53,54)/t30-,31-,37?. The Hall–Kier alpha value is -5.80. The molecule has 1 saturated carbocycles. The number of ether oxygens (including phenoxy) is 3. The monoisotopic (exact) mass is 806 g/mol. The number of benzene rings is 2. The number of hydrogen-bond acceptors (Lipinski definition) is 10. The Balaban J connectivity index is 0.673. The Morgan fingerprint density at radius 2 is 1.63 bits per heavy atom. The van der Waals surface area contributed by atoms with E-state index in [1.165, 1.54) is 18.2 Å². The van der Waals surface area contributed by atoms with E-state index in [0.717, 1.165) is 50.7 Å². The van der Waals surface area contributed by atoms with Gasteiger partial charge in [-0.25, -0.2) is 13.8 Å². The van der Waals surface area contributed by atoms with E-state index in [2.05, 4.69) is 45.1 Å². The number of nitrogens with one attached hydrogen (secondary N) is 1. The maximum absolute atomic E-state index is 15.0. The third-order valence-electron chi connectivity index (χ3n) is 12.0. The molecule has 306 valence electrons. The minimum atomic E-state index is -2.91. The Bertz CT molecular complexity index is 2440. The van der Waals surface area contributed by atoms with Crippen molar-refractivity contribution in [2.24, 2.45) is 7.05 Å². The molecule has 4 amide bonds. The van der Waals surface area contributed by atoms with Crippen LogP contribution in [0.15, 0.2) is 73.2 Å². The molecular formula is C44H44F2N6O7. The lowest BCUT2D eigenvalue weighted by molar-refractivity contribution is -0.136. The summed E-state index contributed by atoms with van der Waals surface area (Å²) in [7, 11) is 2.06. The van der Waals surface area contributed by atoms with Gasteiger partial charge in [0.25, 0.3) is 17.7 Å². The van der Waals surface area contributed by atoms with E-state index in [-0.39, 0.29) is 74.0 Å². The summed E-state index contributed by atoms with van der Waals surface area (Å²) in [5.41, 5.74) is 4.55. The molecule has 0 spiro atoms. The fourth-order valence-corrected chi connectivity index (χ4v) is 8.69. The first-order valence-electron chi connectivity index (χ1n) is 20.2. The molecule has 3 fully saturated rings. The van der Waals surface area contributed by atoms with E-state index in [4.69, 9.17) is 14.2 Å². The van der Waals surface area contributed by atoms with E-state index >= 15 is 8.78 Å². The van der Waals surface area contributed by atoms with Crippen LogP contribution in [0, 0.1) is 0 Å². The van der Waals surface area contributed by atoms with Gasteiger partial charge in [0, 0.05) is 92.3 Å². The number of aromatic nitrogens is 3. The first kappa shape index (κ1) is 38.7. The van der Waals surface area contributed by atoms with Crippen LogP contribution < -0.4 is 14.8 Å². The molecule has 2 saturated heterocycles. The molecule has 6 heterocycles. The van der Waals surface area contributed by atoms with Crippen LogP contribution in [0.3, 0.4) is 0 Å². The first-order valence-corrected chi connectivity index (χ1v) is 20.2. The van der Waals surface area contributed by atoms with Crippen molar-refractivity contribution in [3.05, 3.63) is 84.3 Å². The van der Waals surface area contributed by atoms with Crippen molar-refractivity contribution in [2.75, 3.05) is 26.2 Å². The smallest absolute Gasteiger partial charge is 0.262 e. The molecule has 1 aliphatic carbocycles. The van der Waals surface area contributed by atoms with Gasteiger partial charge in [0.15, 0.2) is 0 Å². The highest BCUT2D eigenvalue weighted by atomic mass is 19.3. The SMILES string of the molecule is Cn1c2ccncc2c2ccc(-c3ccc(O[C@H]4C[C@H](OC5CCN(CC(F)(F)CCCOc6ccc7c(c6)C(=O)N(C6CCC(=O)NC6=O)C7=O)CC5)C4)nc3)cc21. The van der Waals surface area contributed by atoms with Crippen LogP contribution >= 0.6 is 0 Å². The lowest BCUT2D eigenvalue weighted by Gasteiger charge is -2.40. The molecule has 4 aliphatic rings. The number of nitrogens with zero attached hydrogens (tertiary/aromatic N) is 5. The number of piperidine rings is 2. The van der Waals surface area contributed by atoms with E-state index < -0.39 is 35.6 Å². The van der Waals surface area contributed by atoms with E-state index in [9.17, 15) is 19.2 Å². The van der Waals surface area contributed by atoms with Gasteiger partial charge >= 0.3 is 0 Å². The van der Waals surface area contributed by atoms with Crippen molar-refractivity contribution < 1.29 is 42.2 Å². The molecule has 0 bridgehead atoms. The summed E-state index contributed by atoms with van der Waals surface area (Å²) in [4.78, 5) is 61.3. The highest BCUT2D eigenvalue weighted by Crippen LogP contribution is 2.35. The molecule has 1 atom stereocenters. The lowest BCUT2D eigenvalue weighted by atomic mass is 9.91. The maximum atomic E-state index is 15.0. The summed E-state index contributed by atoms with van der Waals surface area (Å²) in [6.07, 6.45) is 8.36. The Labute approximate surface area is 338 Å². The zero-order valence-corrected chi connectivity index (χ0v) is 32.6. The van der Waals surface area contributed by atoms with Crippen molar-refractivity contribution in [3.8, 4) is 22.8 Å². The zero-order valence-electron chi connectivity index (χ0n) is 32.6. The fraction of sp³-hybridized carbons (Fsp3) is 0.409. The third-order valence-corrected chi connectivity index (χ3v) is 12.0. The Kier molecular flexibility index (Phi) is 10.3. The van der Waals surface area contributed by atoms with E-state index in [0.29, 0.717) is 31.8 Å². The molecule has 2 aromatic carbocycles. The molecule has 59 heavy (non-hydrogen) atoms. The van der Waals surface area contributed by atoms with Gasteiger partial charge in [-0.15, -0.1) is 0 Å². The third kappa shape index (κ3) is 7.88. The van der Waals surface area contributed by atoms with Gasteiger partial charge in [-0.05, 0) is 67.6 Å².